The molecule has 0 radical (unpaired) electrons. The quantitative estimate of drug-likeness (QED) is 0.458. The van der Waals surface area contributed by atoms with Crippen LogP contribution < -0.4 is 5.32 Å². The van der Waals surface area contributed by atoms with Crippen molar-refractivity contribution in [3.8, 4) is 0 Å². The minimum absolute atomic E-state index is 0.199. The Balaban J connectivity index is 1.64. The highest BCUT2D eigenvalue weighted by Crippen LogP contribution is 2.29. The van der Waals surface area contributed by atoms with Gasteiger partial charge in [0.1, 0.15) is 5.69 Å². The van der Waals surface area contributed by atoms with Crippen molar-refractivity contribution < 1.29 is 13.6 Å². The molecule has 0 aliphatic carbocycles. The summed E-state index contributed by atoms with van der Waals surface area (Å²) >= 11 is 1.60. The van der Waals surface area contributed by atoms with Crippen molar-refractivity contribution in [2.24, 2.45) is 0 Å². The summed E-state index contributed by atoms with van der Waals surface area (Å²) in [5, 5.41) is 2.97. The summed E-state index contributed by atoms with van der Waals surface area (Å²) in [4.78, 5) is 14.1. The number of halogens is 2. The van der Waals surface area contributed by atoms with E-state index >= 15 is 0 Å². The van der Waals surface area contributed by atoms with E-state index in [1.807, 2.05) is 54.8 Å². The summed E-state index contributed by atoms with van der Waals surface area (Å²) in [6.45, 7) is 4.71. The Morgan fingerprint density at radius 3 is 2.59 bits per heavy atom. The Labute approximate surface area is 171 Å². The minimum Gasteiger partial charge on any atom is -0.347 e. The van der Waals surface area contributed by atoms with Gasteiger partial charge >= 0.3 is 0 Å². The van der Waals surface area contributed by atoms with Crippen molar-refractivity contribution in [3.05, 3.63) is 93.5 Å². The van der Waals surface area contributed by atoms with Gasteiger partial charge in [-0.1, -0.05) is 35.9 Å². The molecular formula is C23H20F2N2OS. The highest BCUT2D eigenvalue weighted by molar-refractivity contribution is 7.19. The van der Waals surface area contributed by atoms with Gasteiger partial charge in [-0.3, -0.25) is 4.79 Å². The monoisotopic (exact) mass is 410 g/mol. The molecule has 0 aliphatic heterocycles. The van der Waals surface area contributed by atoms with E-state index in [-0.39, 0.29) is 12.5 Å². The number of fused-ring (bicyclic) bond motifs is 1. The van der Waals surface area contributed by atoms with Gasteiger partial charge in [0.2, 0.25) is 0 Å². The highest BCUT2D eigenvalue weighted by atomic mass is 32.1. The van der Waals surface area contributed by atoms with Crippen LogP contribution in [0.5, 0.6) is 0 Å². The lowest BCUT2D eigenvalue weighted by atomic mass is 10.1. The van der Waals surface area contributed by atoms with Crippen molar-refractivity contribution in [2.75, 3.05) is 0 Å². The fraction of sp³-hybridized carbons (Fsp3) is 0.174. The van der Waals surface area contributed by atoms with E-state index in [0.717, 1.165) is 32.3 Å². The average molecular weight is 410 g/mol. The van der Waals surface area contributed by atoms with Gasteiger partial charge in [-0.05, 0) is 49.2 Å². The normalized spacial score (nSPS) is 11.2. The number of nitrogens with zero attached hydrogens (tertiary/aromatic N) is 1. The van der Waals surface area contributed by atoms with Crippen LogP contribution >= 0.6 is 11.3 Å². The zero-order valence-electron chi connectivity index (χ0n) is 16.1. The molecule has 0 aliphatic rings. The first-order valence-electron chi connectivity index (χ1n) is 9.28. The summed E-state index contributed by atoms with van der Waals surface area (Å²) in [5.74, 6) is -1.97. The summed E-state index contributed by atoms with van der Waals surface area (Å²) in [5.41, 5.74) is 4.17. The molecule has 4 aromatic rings. The van der Waals surface area contributed by atoms with Crippen molar-refractivity contribution in [3.63, 3.8) is 0 Å². The molecule has 1 N–H and O–H groups in total. The molecule has 6 heteroatoms. The van der Waals surface area contributed by atoms with E-state index < -0.39 is 11.6 Å². The maximum absolute atomic E-state index is 13.7. The number of thiophene rings is 1. The maximum Gasteiger partial charge on any atom is 0.268 e. The minimum atomic E-state index is -0.891. The van der Waals surface area contributed by atoms with Gasteiger partial charge < -0.3 is 9.88 Å². The van der Waals surface area contributed by atoms with E-state index in [4.69, 9.17) is 0 Å². The maximum atomic E-state index is 13.7. The van der Waals surface area contributed by atoms with Crippen LogP contribution in [0.2, 0.25) is 0 Å². The zero-order valence-corrected chi connectivity index (χ0v) is 16.9. The zero-order chi connectivity index (χ0) is 20.5. The Morgan fingerprint density at radius 2 is 1.83 bits per heavy atom. The van der Waals surface area contributed by atoms with E-state index in [0.29, 0.717) is 17.8 Å². The molecule has 0 saturated carbocycles. The fourth-order valence-corrected chi connectivity index (χ4v) is 4.40. The molecule has 0 bridgehead atoms. The summed E-state index contributed by atoms with van der Waals surface area (Å²) < 4.78 is 29.8. The number of aryl methyl sites for hydroxylation is 2. The van der Waals surface area contributed by atoms with Gasteiger partial charge in [0.25, 0.3) is 5.91 Å². The molecule has 148 valence electrons. The van der Waals surface area contributed by atoms with Crippen LogP contribution in [-0.2, 0) is 13.1 Å². The fourth-order valence-electron chi connectivity index (χ4n) is 3.44. The van der Waals surface area contributed by atoms with Gasteiger partial charge in [0.05, 0.1) is 10.2 Å². The van der Waals surface area contributed by atoms with E-state index in [9.17, 15) is 13.6 Å². The Morgan fingerprint density at radius 1 is 1.00 bits per heavy atom. The predicted molar refractivity (Wildman–Crippen MR) is 112 cm³/mol. The molecule has 4 rings (SSSR count). The van der Waals surface area contributed by atoms with E-state index in [1.165, 1.54) is 12.1 Å². The van der Waals surface area contributed by atoms with Gasteiger partial charge in [0.15, 0.2) is 11.6 Å². The third-order valence-corrected chi connectivity index (χ3v) is 5.79. The second kappa shape index (κ2) is 7.79. The SMILES string of the molecule is Cc1cccc(CNC(=O)c2cc3sc(C)cc3n2Cc2ccc(F)c(F)c2)c1. The second-order valence-electron chi connectivity index (χ2n) is 7.14. The first-order valence-corrected chi connectivity index (χ1v) is 10.1. The molecule has 0 fully saturated rings. The predicted octanol–water partition coefficient (Wildman–Crippen LogP) is 5.58. The molecule has 0 spiro atoms. The summed E-state index contributed by atoms with van der Waals surface area (Å²) in [6, 6.07) is 15.7. The van der Waals surface area contributed by atoms with Crippen LogP contribution in [0, 0.1) is 25.5 Å². The number of carbonyl (C=O) groups is 1. The number of nitrogens with one attached hydrogen (secondary N) is 1. The molecule has 0 unspecified atom stereocenters. The van der Waals surface area contributed by atoms with Gasteiger partial charge in [-0.15, -0.1) is 11.3 Å². The van der Waals surface area contributed by atoms with Crippen LogP contribution in [0.1, 0.15) is 32.1 Å². The number of rotatable bonds is 5. The first-order chi connectivity index (χ1) is 13.9. The Kier molecular flexibility index (Phi) is 5.20. The number of amides is 1. The molecule has 2 aromatic carbocycles. The third kappa shape index (κ3) is 4.07. The first kappa shape index (κ1) is 19.3. The Bertz CT molecular complexity index is 1210. The topological polar surface area (TPSA) is 34.0 Å². The lowest BCUT2D eigenvalue weighted by Crippen LogP contribution is -2.25. The van der Waals surface area contributed by atoms with Crippen molar-refractivity contribution >= 4 is 27.5 Å². The standard InChI is InChI=1S/C23H20F2N2OS/c1-14-4-3-5-16(8-14)12-26-23(28)21-11-22-20(9-15(2)29-22)27(21)13-17-6-7-18(24)19(25)10-17/h3-11H,12-13H2,1-2H3,(H,26,28). The largest absolute Gasteiger partial charge is 0.347 e. The van der Waals surface area contributed by atoms with Gasteiger partial charge in [0, 0.05) is 18.0 Å². The summed E-state index contributed by atoms with van der Waals surface area (Å²) in [6.07, 6.45) is 0. The number of benzene rings is 2. The van der Waals surface area contributed by atoms with Crippen LogP contribution in [-0.4, -0.2) is 10.5 Å². The van der Waals surface area contributed by atoms with E-state index in [2.05, 4.69) is 5.32 Å². The van der Waals surface area contributed by atoms with Crippen molar-refractivity contribution in [2.45, 2.75) is 26.9 Å². The van der Waals surface area contributed by atoms with Crippen LogP contribution in [0.25, 0.3) is 10.2 Å². The summed E-state index contributed by atoms with van der Waals surface area (Å²) in [7, 11) is 0. The number of carbonyl (C=O) groups excluding carboxylic acids is 1. The number of aromatic nitrogens is 1. The number of hydrogen-bond donors (Lipinski definition) is 1. The van der Waals surface area contributed by atoms with Gasteiger partial charge in [-0.2, -0.15) is 0 Å². The highest BCUT2D eigenvalue weighted by Gasteiger charge is 2.18. The molecule has 0 saturated heterocycles. The molecule has 2 heterocycles. The Hall–Kier alpha value is -2.99. The van der Waals surface area contributed by atoms with Crippen LogP contribution in [0.4, 0.5) is 8.78 Å². The molecule has 1 amide bonds. The molecule has 0 atom stereocenters. The average Bonchev–Trinajstić information content (AvgIpc) is 3.20. The third-order valence-electron chi connectivity index (χ3n) is 4.81. The molecule has 2 aromatic heterocycles. The van der Waals surface area contributed by atoms with Crippen molar-refractivity contribution in [1.82, 2.24) is 9.88 Å². The van der Waals surface area contributed by atoms with Gasteiger partial charge in [-0.25, -0.2) is 8.78 Å². The number of hydrogen-bond acceptors (Lipinski definition) is 2. The lowest BCUT2D eigenvalue weighted by Gasteiger charge is -2.12. The molecule has 29 heavy (non-hydrogen) atoms. The smallest absolute Gasteiger partial charge is 0.268 e. The second-order valence-corrected chi connectivity index (χ2v) is 8.43. The lowest BCUT2D eigenvalue weighted by molar-refractivity contribution is 0.0942. The molecular weight excluding hydrogens is 390 g/mol. The molecule has 3 nitrogen and oxygen atoms in total. The van der Waals surface area contributed by atoms with E-state index in [1.54, 1.807) is 11.3 Å². The van der Waals surface area contributed by atoms with Crippen LogP contribution in [0.3, 0.4) is 0 Å². The van der Waals surface area contributed by atoms with Crippen molar-refractivity contribution in [1.29, 1.82) is 0 Å². The van der Waals surface area contributed by atoms with Crippen LogP contribution in [0.15, 0.2) is 54.6 Å².